The third kappa shape index (κ3) is 21.8. The van der Waals surface area contributed by atoms with Gasteiger partial charge in [0, 0.05) is 20.0 Å². The van der Waals surface area contributed by atoms with Gasteiger partial charge in [0.15, 0.2) is 18.9 Å². The molecule has 0 aliphatic carbocycles. The van der Waals surface area contributed by atoms with Crippen molar-refractivity contribution in [2.75, 3.05) is 26.9 Å². The van der Waals surface area contributed by atoms with Gasteiger partial charge in [-0.05, 0) is 12.8 Å². The highest BCUT2D eigenvalue weighted by molar-refractivity contribution is 5.69. The van der Waals surface area contributed by atoms with Crippen LogP contribution in [0.15, 0.2) is 0 Å². The summed E-state index contributed by atoms with van der Waals surface area (Å²) in [6.07, 6.45) is 16.3. The van der Waals surface area contributed by atoms with Crippen LogP contribution in [0.1, 0.15) is 194 Å². The van der Waals surface area contributed by atoms with Crippen LogP contribution in [0.2, 0.25) is 0 Å². The van der Waals surface area contributed by atoms with E-state index < -0.39 is 85.7 Å². The van der Waals surface area contributed by atoms with Gasteiger partial charge in [-0.2, -0.15) is 0 Å². The summed E-state index contributed by atoms with van der Waals surface area (Å²) in [5, 5.41) is 53.7. The van der Waals surface area contributed by atoms with Gasteiger partial charge < -0.3 is 63.4 Å². The molecule has 12 atom stereocenters. The van der Waals surface area contributed by atoms with Crippen molar-refractivity contribution in [2.24, 2.45) is 0 Å². The van der Waals surface area contributed by atoms with Crippen LogP contribution in [0.5, 0.6) is 0 Å². The molecule has 3 fully saturated rings. The molecule has 63 heavy (non-hydrogen) atoms. The molecule has 3 aliphatic rings. The summed E-state index contributed by atoms with van der Waals surface area (Å²) >= 11 is 0. The van der Waals surface area contributed by atoms with Gasteiger partial charge in [0.1, 0.15) is 68.1 Å². The zero-order chi connectivity index (χ0) is 45.7. The van der Waals surface area contributed by atoms with Gasteiger partial charge in [-0.15, -0.1) is 0 Å². The summed E-state index contributed by atoms with van der Waals surface area (Å²) in [5.74, 6) is -0.821. The van der Waals surface area contributed by atoms with Crippen molar-refractivity contribution in [3.63, 3.8) is 0 Å². The van der Waals surface area contributed by atoms with Gasteiger partial charge in [-0.25, -0.2) is 0 Å². The maximum Gasteiger partial charge on any atom is 0.305 e. The lowest BCUT2D eigenvalue weighted by Gasteiger charge is -2.26. The Morgan fingerprint density at radius 3 is 1.16 bits per heavy atom. The molecule has 0 aromatic rings. The number of carbonyl (C=O) groups is 2. The monoisotopic (exact) mass is 905 g/mol. The quantitative estimate of drug-likeness (QED) is 0.0310. The van der Waals surface area contributed by atoms with Crippen molar-refractivity contribution in [2.45, 2.75) is 267 Å². The fourth-order valence-corrected chi connectivity index (χ4v) is 8.57. The van der Waals surface area contributed by atoms with Crippen molar-refractivity contribution >= 4 is 11.9 Å². The number of carbonyl (C=O) groups excluding carboxylic acids is 2. The number of hydrogen-bond acceptors (Lipinski definition) is 15. The van der Waals surface area contributed by atoms with Crippen molar-refractivity contribution in [3.05, 3.63) is 0 Å². The van der Waals surface area contributed by atoms with E-state index in [0.29, 0.717) is 12.8 Å². The van der Waals surface area contributed by atoms with Gasteiger partial charge in [-0.3, -0.25) is 9.59 Å². The molecular weight excluding hydrogens is 817 g/mol. The molecule has 3 heterocycles. The number of ether oxygens (including phenoxy) is 8. The van der Waals surface area contributed by atoms with Gasteiger partial charge in [0.2, 0.25) is 0 Å². The number of esters is 2. The van der Waals surface area contributed by atoms with Gasteiger partial charge in [-0.1, -0.05) is 168 Å². The summed E-state index contributed by atoms with van der Waals surface area (Å²) in [4.78, 5) is 24.8. The van der Waals surface area contributed by atoms with Gasteiger partial charge >= 0.3 is 11.9 Å². The molecule has 0 unspecified atom stereocenters. The maximum atomic E-state index is 12.4. The fourth-order valence-electron chi connectivity index (χ4n) is 8.57. The first-order chi connectivity index (χ1) is 30.6. The van der Waals surface area contributed by atoms with E-state index in [0.717, 1.165) is 38.5 Å². The first-order valence-electron chi connectivity index (χ1n) is 25.1. The van der Waals surface area contributed by atoms with Crippen LogP contribution < -0.4 is 0 Å². The molecule has 0 spiro atoms. The topological polar surface area (TPSA) is 209 Å². The minimum atomic E-state index is -1.53. The molecule has 3 saturated heterocycles. The third-order valence-corrected chi connectivity index (χ3v) is 12.7. The molecule has 0 amide bonds. The molecule has 15 nitrogen and oxygen atoms in total. The standard InChI is InChI=1S/C48H88O15/c1-4-6-8-10-12-14-16-18-20-22-24-26-28-30-38(49)57-32-35-40(51)42(53)47(60-35)59-34-37-45(44(55)46(56-3)62-37)63-48-43(54)41(52)36(61-48)33-58-39(50)31-29-27-25-23-21-19-17-15-13-11-9-7-5-2/h35-37,40-48,51-55H,4-34H2,1-3H3/t35-,36-,37-,40-,41-,42+,43+,44+,45-,46+,47+,48-/m1/s1. The number of unbranched alkanes of at least 4 members (excludes halogenated alkanes) is 24. The van der Waals surface area contributed by atoms with E-state index in [1.54, 1.807) is 0 Å². The van der Waals surface area contributed by atoms with Crippen LogP contribution in [0, 0.1) is 0 Å². The van der Waals surface area contributed by atoms with Crippen LogP contribution in [-0.4, -0.2) is 138 Å². The van der Waals surface area contributed by atoms with Crippen LogP contribution >= 0.6 is 0 Å². The van der Waals surface area contributed by atoms with E-state index in [9.17, 15) is 35.1 Å². The minimum Gasteiger partial charge on any atom is -0.463 e. The average molecular weight is 905 g/mol. The van der Waals surface area contributed by atoms with Crippen LogP contribution in [0.4, 0.5) is 0 Å². The number of hydrogen-bond donors (Lipinski definition) is 5. The lowest BCUT2D eigenvalue weighted by atomic mass is 10.0. The van der Waals surface area contributed by atoms with Crippen molar-refractivity contribution in [1.82, 2.24) is 0 Å². The predicted molar refractivity (Wildman–Crippen MR) is 236 cm³/mol. The number of aliphatic hydroxyl groups excluding tert-OH is 5. The maximum absolute atomic E-state index is 12.4. The smallest absolute Gasteiger partial charge is 0.305 e. The Balaban J connectivity index is 1.29. The van der Waals surface area contributed by atoms with Crippen LogP contribution in [-0.2, 0) is 47.5 Å². The van der Waals surface area contributed by atoms with Crippen molar-refractivity contribution in [3.8, 4) is 0 Å². The molecule has 15 heteroatoms. The molecule has 3 aliphatic heterocycles. The molecule has 0 bridgehead atoms. The Bertz CT molecular complexity index is 1160. The van der Waals surface area contributed by atoms with E-state index in [-0.39, 0.29) is 32.7 Å². The average Bonchev–Trinajstić information content (AvgIpc) is 3.84. The summed E-state index contributed by atoms with van der Waals surface area (Å²) in [6.45, 7) is 3.61. The molecule has 3 rings (SSSR count). The zero-order valence-electron chi connectivity index (χ0n) is 39.2. The lowest BCUT2D eigenvalue weighted by Crippen LogP contribution is -2.44. The van der Waals surface area contributed by atoms with E-state index in [2.05, 4.69) is 13.8 Å². The number of methoxy groups -OCH3 is 1. The molecule has 0 radical (unpaired) electrons. The highest BCUT2D eigenvalue weighted by Gasteiger charge is 2.52. The van der Waals surface area contributed by atoms with Crippen LogP contribution in [0.3, 0.4) is 0 Å². The zero-order valence-corrected chi connectivity index (χ0v) is 39.2. The Morgan fingerprint density at radius 2 is 0.762 bits per heavy atom. The number of aliphatic hydroxyl groups is 5. The summed E-state index contributed by atoms with van der Waals surface area (Å²) in [6, 6.07) is 0. The SMILES string of the molecule is CCCCCCCCCCCCCCCC(=O)OC[C@H]1O[C@H](OC[C@H]2O[C@H](OC)[C@@H](O)[C@@H]2O[C@H]2O[C@H](COC(=O)CCCCCCCCCCCCCCC)[C@@H](O)[C@@H]2O)[C@@H](O)[C@@H]1O. The summed E-state index contributed by atoms with van der Waals surface area (Å²) < 4.78 is 44.9. The normalized spacial score (nSPS) is 29.5. The summed E-state index contributed by atoms with van der Waals surface area (Å²) in [5.41, 5.74) is 0. The Morgan fingerprint density at radius 1 is 0.413 bits per heavy atom. The number of rotatable bonds is 38. The molecule has 5 N–H and O–H groups in total. The van der Waals surface area contributed by atoms with E-state index in [4.69, 9.17) is 37.9 Å². The van der Waals surface area contributed by atoms with Gasteiger partial charge in [0.05, 0.1) is 6.61 Å². The van der Waals surface area contributed by atoms with Crippen LogP contribution in [0.25, 0.3) is 0 Å². The second-order valence-corrected chi connectivity index (χ2v) is 18.1. The lowest BCUT2D eigenvalue weighted by molar-refractivity contribution is -0.228. The molecule has 0 aromatic heterocycles. The molecule has 0 saturated carbocycles. The molecular formula is C48H88O15. The van der Waals surface area contributed by atoms with E-state index in [1.807, 2.05) is 0 Å². The van der Waals surface area contributed by atoms with E-state index >= 15 is 0 Å². The Labute approximate surface area is 378 Å². The molecule has 0 aromatic carbocycles. The second-order valence-electron chi connectivity index (χ2n) is 18.1. The highest BCUT2D eigenvalue weighted by atomic mass is 16.8. The van der Waals surface area contributed by atoms with Crippen molar-refractivity contribution < 1.29 is 73.0 Å². The highest BCUT2D eigenvalue weighted by Crippen LogP contribution is 2.32. The Kier molecular flexibility index (Phi) is 30.0. The largest absolute Gasteiger partial charge is 0.463 e. The van der Waals surface area contributed by atoms with Gasteiger partial charge in [0.25, 0.3) is 0 Å². The predicted octanol–water partition coefficient (Wildman–Crippen LogP) is 7.06. The molecule has 370 valence electrons. The van der Waals surface area contributed by atoms with E-state index in [1.165, 1.54) is 123 Å². The first kappa shape index (κ1) is 55.8. The third-order valence-electron chi connectivity index (χ3n) is 12.7. The Hall–Kier alpha value is -1.50. The van der Waals surface area contributed by atoms with Crippen molar-refractivity contribution in [1.29, 1.82) is 0 Å². The first-order valence-corrected chi connectivity index (χ1v) is 25.1. The summed E-state index contributed by atoms with van der Waals surface area (Å²) in [7, 11) is 1.33. The second kappa shape index (κ2) is 33.9. The minimum absolute atomic E-state index is 0.247. The fraction of sp³-hybridized carbons (Fsp3) is 0.958.